The van der Waals surface area contributed by atoms with Gasteiger partial charge in [-0.2, -0.15) is 4.99 Å². The number of carbonyl (C=O) groups excluding carboxylic acids is 1. The van der Waals surface area contributed by atoms with E-state index in [2.05, 4.69) is 18.8 Å². The average Bonchev–Trinajstić information content (AvgIpc) is 3.06. The topological polar surface area (TPSA) is 69.6 Å². The van der Waals surface area contributed by atoms with E-state index < -0.39 is 0 Å². The Balaban J connectivity index is 1.78. The molecule has 1 aromatic rings. The van der Waals surface area contributed by atoms with E-state index in [1.807, 2.05) is 4.90 Å². The van der Waals surface area contributed by atoms with Crippen molar-refractivity contribution in [1.82, 2.24) is 4.90 Å². The van der Waals surface area contributed by atoms with Crippen molar-refractivity contribution in [2.24, 2.45) is 10.9 Å². The lowest BCUT2D eigenvalue weighted by Gasteiger charge is -2.29. The van der Waals surface area contributed by atoms with Crippen molar-refractivity contribution >= 4 is 11.9 Å². The third-order valence-corrected chi connectivity index (χ3v) is 3.64. The summed E-state index contributed by atoms with van der Waals surface area (Å²) < 4.78 is 21.7. The van der Waals surface area contributed by atoms with Crippen molar-refractivity contribution in [3.05, 3.63) is 23.8 Å². The van der Waals surface area contributed by atoms with E-state index in [4.69, 9.17) is 18.9 Å². The maximum Gasteiger partial charge on any atom is 0.295 e. The van der Waals surface area contributed by atoms with Crippen molar-refractivity contribution in [1.29, 1.82) is 0 Å². The van der Waals surface area contributed by atoms with Gasteiger partial charge in [0.05, 0.1) is 19.8 Å². The summed E-state index contributed by atoms with van der Waals surface area (Å²) in [5.41, 5.74) is 0.443. The lowest BCUT2D eigenvalue weighted by molar-refractivity contribution is 0.0529. The van der Waals surface area contributed by atoms with Gasteiger partial charge < -0.3 is 23.8 Å². The molecule has 24 heavy (non-hydrogen) atoms. The molecule has 0 atom stereocenters. The molecule has 1 amide bonds. The molecule has 7 heteroatoms. The Morgan fingerprint density at radius 1 is 1.25 bits per heavy atom. The molecule has 0 aliphatic carbocycles. The zero-order chi connectivity index (χ0) is 16.9. The molecule has 0 spiro atoms. The number of hydrogen-bond acceptors (Lipinski definition) is 5. The first-order chi connectivity index (χ1) is 11.6. The van der Waals surface area contributed by atoms with Crippen LogP contribution in [0.3, 0.4) is 0 Å². The van der Waals surface area contributed by atoms with Gasteiger partial charge in [-0.15, -0.1) is 0 Å². The maximum absolute atomic E-state index is 12.5. The molecule has 2 aliphatic heterocycles. The first-order valence-corrected chi connectivity index (χ1v) is 8.11. The van der Waals surface area contributed by atoms with Crippen LogP contribution in [0.25, 0.3) is 0 Å². The predicted octanol–water partition coefficient (Wildman–Crippen LogP) is 1.92. The first-order valence-electron chi connectivity index (χ1n) is 8.11. The van der Waals surface area contributed by atoms with E-state index in [-0.39, 0.29) is 12.7 Å². The summed E-state index contributed by atoms with van der Waals surface area (Å²) >= 11 is 0. The second-order valence-electron chi connectivity index (χ2n) is 6.07. The summed E-state index contributed by atoms with van der Waals surface area (Å²) in [6, 6.07) is 5.40. The van der Waals surface area contributed by atoms with Gasteiger partial charge >= 0.3 is 0 Å². The van der Waals surface area contributed by atoms with Gasteiger partial charge in [0.1, 0.15) is 0 Å². The monoisotopic (exact) mass is 334 g/mol. The summed E-state index contributed by atoms with van der Waals surface area (Å²) in [7, 11) is 0. The number of rotatable bonds is 3. The second kappa shape index (κ2) is 7.53. The fourth-order valence-electron chi connectivity index (χ4n) is 2.37. The highest BCUT2D eigenvalue weighted by molar-refractivity contribution is 6.01. The van der Waals surface area contributed by atoms with Gasteiger partial charge in [-0.3, -0.25) is 4.79 Å². The van der Waals surface area contributed by atoms with Gasteiger partial charge in [0, 0.05) is 18.7 Å². The maximum atomic E-state index is 12.5. The minimum absolute atomic E-state index is 0.173. The molecule has 2 aliphatic rings. The van der Waals surface area contributed by atoms with E-state index >= 15 is 0 Å². The first kappa shape index (κ1) is 16.6. The zero-order valence-corrected chi connectivity index (χ0v) is 14.0. The van der Waals surface area contributed by atoms with Crippen molar-refractivity contribution in [3.8, 4) is 11.5 Å². The Kier molecular flexibility index (Phi) is 5.20. The second-order valence-corrected chi connectivity index (χ2v) is 6.07. The van der Waals surface area contributed by atoms with Crippen LogP contribution in [0.2, 0.25) is 0 Å². The summed E-state index contributed by atoms with van der Waals surface area (Å²) in [6.07, 6.45) is 0. The van der Waals surface area contributed by atoms with Gasteiger partial charge in [0.25, 0.3) is 11.9 Å². The average molecular weight is 334 g/mol. The van der Waals surface area contributed by atoms with Crippen molar-refractivity contribution in [2.75, 3.05) is 39.7 Å². The molecule has 0 bridgehead atoms. The molecular weight excluding hydrogens is 312 g/mol. The molecule has 2 heterocycles. The van der Waals surface area contributed by atoms with Crippen LogP contribution in [-0.2, 0) is 9.47 Å². The highest BCUT2D eigenvalue weighted by atomic mass is 16.7. The quantitative estimate of drug-likeness (QED) is 0.621. The van der Waals surface area contributed by atoms with Crippen molar-refractivity contribution in [3.63, 3.8) is 0 Å². The number of amidine groups is 1. The van der Waals surface area contributed by atoms with Crippen molar-refractivity contribution in [2.45, 2.75) is 13.8 Å². The molecule has 0 saturated carbocycles. The van der Waals surface area contributed by atoms with Gasteiger partial charge in [0.15, 0.2) is 11.5 Å². The van der Waals surface area contributed by atoms with Crippen LogP contribution in [0.15, 0.2) is 23.2 Å². The number of amides is 1. The number of hydrogen-bond donors (Lipinski definition) is 0. The Bertz CT molecular complexity index is 623. The molecule has 3 rings (SSSR count). The molecule has 0 radical (unpaired) electrons. The van der Waals surface area contributed by atoms with E-state index in [9.17, 15) is 4.79 Å². The molecule has 0 unspecified atom stereocenters. The smallest absolute Gasteiger partial charge is 0.295 e. The molecule has 1 aromatic carbocycles. The van der Waals surface area contributed by atoms with E-state index in [1.54, 1.807) is 18.2 Å². The standard InChI is InChI=1S/C17H22N2O5/c1-12(2)10-22-17(19-5-7-21-8-6-19)18-16(20)13-3-4-14-15(9-13)24-11-23-14/h3-4,9,12H,5-8,10-11H2,1-2H3. The fourth-order valence-corrected chi connectivity index (χ4v) is 2.37. The van der Waals surface area contributed by atoms with Crippen LogP contribution in [0, 0.1) is 5.92 Å². The van der Waals surface area contributed by atoms with Gasteiger partial charge in [0.2, 0.25) is 6.79 Å². The van der Waals surface area contributed by atoms with E-state index in [0.29, 0.717) is 61.9 Å². The fraction of sp³-hybridized carbons (Fsp3) is 0.529. The molecule has 1 fully saturated rings. The van der Waals surface area contributed by atoms with E-state index in [1.165, 1.54) is 0 Å². The van der Waals surface area contributed by atoms with E-state index in [0.717, 1.165) is 0 Å². The Hall–Kier alpha value is -2.28. The van der Waals surface area contributed by atoms with Gasteiger partial charge in [-0.25, -0.2) is 0 Å². The van der Waals surface area contributed by atoms with Gasteiger partial charge in [-0.1, -0.05) is 13.8 Å². The third kappa shape index (κ3) is 3.97. The Morgan fingerprint density at radius 2 is 2.00 bits per heavy atom. The highest BCUT2D eigenvalue weighted by Gasteiger charge is 2.21. The highest BCUT2D eigenvalue weighted by Crippen LogP contribution is 2.32. The van der Waals surface area contributed by atoms with Crippen LogP contribution in [0.4, 0.5) is 0 Å². The number of nitrogens with zero attached hydrogens (tertiary/aromatic N) is 2. The predicted molar refractivity (Wildman–Crippen MR) is 87.5 cm³/mol. The number of benzene rings is 1. The number of carbonyl (C=O) groups is 1. The Morgan fingerprint density at radius 3 is 2.75 bits per heavy atom. The number of ether oxygens (including phenoxy) is 4. The number of fused-ring (bicyclic) bond motifs is 1. The number of aliphatic imine (C=N–C) groups is 1. The zero-order valence-electron chi connectivity index (χ0n) is 14.0. The van der Waals surface area contributed by atoms with Gasteiger partial charge in [-0.05, 0) is 24.1 Å². The lowest BCUT2D eigenvalue weighted by atomic mass is 10.2. The molecule has 130 valence electrons. The lowest BCUT2D eigenvalue weighted by Crippen LogP contribution is -2.42. The summed E-state index contributed by atoms with van der Waals surface area (Å²) in [6.45, 7) is 7.30. The van der Waals surface area contributed by atoms with Crippen LogP contribution in [-0.4, -0.2) is 56.5 Å². The largest absolute Gasteiger partial charge is 0.465 e. The third-order valence-electron chi connectivity index (χ3n) is 3.64. The summed E-state index contributed by atoms with van der Waals surface area (Å²) in [5, 5.41) is 0. The minimum Gasteiger partial charge on any atom is -0.465 e. The van der Waals surface area contributed by atoms with Crippen LogP contribution in [0.5, 0.6) is 11.5 Å². The molecule has 1 saturated heterocycles. The van der Waals surface area contributed by atoms with Crippen LogP contribution >= 0.6 is 0 Å². The Labute approximate surface area is 141 Å². The molecular formula is C17H22N2O5. The molecule has 0 aromatic heterocycles. The summed E-state index contributed by atoms with van der Waals surface area (Å²) in [4.78, 5) is 18.7. The molecule has 0 N–H and O–H groups in total. The summed E-state index contributed by atoms with van der Waals surface area (Å²) in [5.74, 6) is 1.18. The minimum atomic E-state index is -0.362. The number of morpholine rings is 1. The van der Waals surface area contributed by atoms with Crippen LogP contribution < -0.4 is 9.47 Å². The SMILES string of the molecule is CC(C)COC(=NC(=O)c1ccc2c(c1)OCO2)N1CCOCC1. The van der Waals surface area contributed by atoms with Crippen molar-refractivity contribution < 1.29 is 23.7 Å². The van der Waals surface area contributed by atoms with Crippen LogP contribution in [0.1, 0.15) is 24.2 Å². The molecule has 7 nitrogen and oxygen atoms in total. The normalized spacial score (nSPS) is 17.3.